The summed E-state index contributed by atoms with van der Waals surface area (Å²) in [5.74, 6) is -0.360. The minimum atomic E-state index is -0.437. The van der Waals surface area contributed by atoms with Crippen LogP contribution >= 0.6 is 0 Å². The Balaban J connectivity index is 1.71. The molecule has 27 heavy (non-hydrogen) atoms. The highest BCUT2D eigenvalue weighted by molar-refractivity contribution is 6.05. The maximum absolute atomic E-state index is 12.6. The second kappa shape index (κ2) is 7.86. The Labute approximate surface area is 158 Å². The van der Waals surface area contributed by atoms with Gasteiger partial charge in [0.1, 0.15) is 6.04 Å². The molecule has 0 saturated carbocycles. The number of aromatic nitrogens is 2. The minimum absolute atomic E-state index is 0.176. The summed E-state index contributed by atoms with van der Waals surface area (Å²) in [5, 5.41) is 9.83. The van der Waals surface area contributed by atoms with E-state index in [-0.39, 0.29) is 11.8 Å². The first-order valence-corrected chi connectivity index (χ1v) is 8.73. The van der Waals surface area contributed by atoms with Gasteiger partial charge < -0.3 is 10.6 Å². The normalized spacial score (nSPS) is 11.7. The van der Waals surface area contributed by atoms with Gasteiger partial charge in [0.25, 0.3) is 5.91 Å². The number of benzene rings is 2. The summed E-state index contributed by atoms with van der Waals surface area (Å²) in [6.45, 7) is 5.68. The third-order valence-corrected chi connectivity index (χ3v) is 4.54. The number of hydrogen-bond acceptors (Lipinski definition) is 3. The fraction of sp³-hybridized carbons (Fsp3) is 0.190. The van der Waals surface area contributed by atoms with E-state index in [1.807, 2.05) is 26.0 Å². The maximum atomic E-state index is 12.6. The number of amides is 2. The number of nitrogens with one attached hydrogen (secondary N) is 2. The first kappa shape index (κ1) is 18.4. The molecule has 0 fully saturated rings. The average Bonchev–Trinajstić information content (AvgIpc) is 3.18. The van der Waals surface area contributed by atoms with Crippen LogP contribution in [0.25, 0.3) is 0 Å². The molecule has 0 aliphatic carbocycles. The van der Waals surface area contributed by atoms with E-state index in [1.165, 1.54) is 0 Å². The zero-order valence-electron chi connectivity index (χ0n) is 15.6. The Kier molecular flexibility index (Phi) is 5.35. The molecule has 2 amide bonds. The van der Waals surface area contributed by atoms with E-state index < -0.39 is 6.04 Å². The monoisotopic (exact) mass is 362 g/mol. The van der Waals surface area contributed by atoms with Gasteiger partial charge in [0, 0.05) is 29.3 Å². The Hall–Kier alpha value is -3.41. The summed E-state index contributed by atoms with van der Waals surface area (Å²) < 4.78 is 1.58. The molecule has 0 unspecified atom stereocenters. The second-order valence-electron chi connectivity index (χ2n) is 6.43. The molecular weight excluding hydrogens is 340 g/mol. The quantitative estimate of drug-likeness (QED) is 0.721. The lowest BCUT2D eigenvalue weighted by Crippen LogP contribution is -2.24. The standard InChI is InChI=1S/C21H22N4O2/c1-14-7-4-10-19(15(14)2)21(27)24-18-9-5-8-17(13-18)23-20(26)16(3)25-12-6-11-22-25/h4-13,16H,1-3H3,(H,23,26)(H,24,27)/t16-/m1/s1. The lowest BCUT2D eigenvalue weighted by molar-refractivity contribution is -0.119. The highest BCUT2D eigenvalue weighted by Gasteiger charge is 2.15. The van der Waals surface area contributed by atoms with Crippen molar-refractivity contribution in [3.05, 3.63) is 77.6 Å². The van der Waals surface area contributed by atoms with E-state index in [9.17, 15) is 9.59 Å². The van der Waals surface area contributed by atoms with Crippen molar-refractivity contribution in [2.24, 2.45) is 0 Å². The molecule has 2 aromatic carbocycles. The molecule has 138 valence electrons. The lowest BCUT2D eigenvalue weighted by Gasteiger charge is -2.14. The number of carbonyl (C=O) groups is 2. The van der Waals surface area contributed by atoms with Gasteiger partial charge in [-0.05, 0) is 62.2 Å². The third kappa shape index (κ3) is 4.23. The molecule has 1 atom stereocenters. The van der Waals surface area contributed by atoms with Crippen molar-refractivity contribution in [3.8, 4) is 0 Å². The van der Waals surface area contributed by atoms with Crippen LogP contribution in [0.1, 0.15) is 34.5 Å². The molecule has 1 heterocycles. The highest BCUT2D eigenvalue weighted by atomic mass is 16.2. The van der Waals surface area contributed by atoms with Gasteiger partial charge in [-0.25, -0.2) is 0 Å². The van der Waals surface area contributed by atoms with Crippen molar-refractivity contribution in [1.82, 2.24) is 9.78 Å². The van der Waals surface area contributed by atoms with Gasteiger partial charge in [-0.15, -0.1) is 0 Å². The first-order valence-electron chi connectivity index (χ1n) is 8.73. The molecule has 0 radical (unpaired) electrons. The summed E-state index contributed by atoms with van der Waals surface area (Å²) in [7, 11) is 0. The van der Waals surface area contributed by atoms with Crippen LogP contribution < -0.4 is 10.6 Å². The molecule has 6 heteroatoms. The van der Waals surface area contributed by atoms with Crippen LogP contribution in [0.5, 0.6) is 0 Å². The second-order valence-corrected chi connectivity index (χ2v) is 6.43. The Morgan fingerprint density at radius 1 is 1.00 bits per heavy atom. The first-order chi connectivity index (χ1) is 13.0. The lowest BCUT2D eigenvalue weighted by atomic mass is 10.0. The molecule has 1 aromatic heterocycles. The van der Waals surface area contributed by atoms with E-state index in [0.29, 0.717) is 16.9 Å². The van der Waals surface area contributed by atoms with Gasteiger partial charge >= 0.3 is 0 Å². The third-order valence-electron chi connectivity index (χ3n) is 4.54. The molecular formula is C21H22N4O2. The van der Waals surface area contributed by atoms with E-state index in [2.05, 4.69) is 15.7 Å². The summed E-state index contributed by atoms with van der Waals surface area (Å²) >= 11 is 0. The summed E-state index contributed by atoms with van der Waals surface area (Å²) in [6, 6.07) is 14.1. The van der Waals surface area contributed by atoms with Crippen LogP contribution in [0.4, 0.5) is 11.4 Å². The smallest absolute Gasteiger partial charge is 0.255 e. The van der Waals surface area contributed by atoms with Gasteiger partial charge in [0.15, 0.2) is 0 Å². The van der Waals surface area contributed by atoms with Gasteiger partial charge in [0.05, 0.1) is 0 Å². The number of nitrogens with zero attached hydrogens (tertiary/aromatic N) is 2. The minimum Gasteiger partial charge on any atom is -0.324 e. The number of carbonyl (C=O) groups excluding carboxylic acids is 2. The topological polar surface area (TPSA) is 76.0 Å². The van der Waals surface area contributed by atoms with Crippen molar-refractivity contribution in [2.45, 2.75) is 26.8 Å². The molecule has 0 aliphatic heterocycles. The predicted octanol–water partition coefficient (Wildman–Crippen LogP) is 3.95. The summed E-state index contributed by atoms with van der Waals surface area (Å²) in [4.78, 5) is 25.0. The largest absolute Gasteiger partial charge is 0.324 e. The van der Waals surface area contributed by atoms with E-state index in [4.69, 9.17) is 0 Å². The van der Waals surface area contributed by atoms with Crippen LogP contribution in [-0.2, 0) is 4.79 Å². The van der Waals surface area contributed by atoms with Crippen LogP contribution in [0.2, 0.25) is 0 Å². The number of aryl methyl sites for hydroxylation is 1. The molecule has 0 spiro atoms. The van der Waals surface area contributed by atoms with Gasteiger partial charge in [0.2, 0.25) is 5.91 Å². The number of anilines is 2. The fourth-order valence-electron chi connectivity index (χ4n) is 2.75. The maximum Gasteiger partial charge on any atom is 0.255 e. The van der Waals surface area contributed by atoms with E-state index >= 15 is 0 Å². The van der Waals surface area contributed by atoms with Crippen LogP contribution in [0, 0.1) is 13.8 Å². The van der Waals surface area contributed by atoms with E-state index in [0.717, 1.165) is 11.1 Å². The fourth-order valence-corrected chi connectivity index (χ4v) is 2.75. The Morgan fingerprint density at radius 2 is 1.70 bits per heavy atom. The summed E-state index contributed by atoms with van der Waals surface area (Å²) in [5.41, 5.74) is 3.88. The molecule has 6 nitrogen and oxygen atoms in total. The molecule has 0 aliphatic rings. The molecule has 3 aromatic rings. The highest BCUT2D eigenvalue weighted by Crippen LogP contribution is 2.19. The molecule has 3 rings (SSSR count). The van der Waals surface area contributed by atoms with Gasteiger partial charge in [-0.2, -0.15) is 5.10 Å². The van der Waals surface area contributed by atoms with Gasteiger partial charge in [-0.1, -0.05) is 18.2 Å². The Bertz CT molecular complexity index is 964. The molecule has 2 N–H and O–H groups in total. The van der Waals surface area contributed by atoms with Gasteiger partial charge in [-0.3, -0.25) is 14.3 Å². The number of hydrogen-bond donors (Lipinski definition) is 2. The van der Waals surface area contributed by atoms with Crippen LogP contribution in [0.3, 0.4) is 0 Å². The van der Waals surface area contributed by atoms with Crippen molar-refractivity contribution in [1.29, 1.82) is 0 Å². The molecule has 0 bridgehead atoms. The van der Waals surface area contributed by atoms with E-state index in [1.54, 1.807) is 60.4 Å². The number of rotatable bonds is 5. The summed E-state index contributed by atoms with van der Waals surface area (Å²) in [6.07, 6.45) is 3.37. The van der Waals surface area contributed by atoms with Crippen molar-refractivity contribution in [3.63, 3.8) is 0 Å². The molecule has 0 saturated heterocycles. The zero-order chi connectivity index (χ0) is 19.4. The van der Waals surface area contributed by atoms with Crippen LogP contribution in [0.15, 0.2) is 60.9 Å². The van der Waals surface area contributed by atoms with Crippen molar-refractivity contribution in [2.75, 3.05) is 10.6 Å². The predicted molar refractivity (Wildman–Crippen MR) is 106 cm³/mol. The van der Waals surface area contributed by atoms with Crippen LogP contribution in [-0.4, -0.2) is 21.6 Å². The Morgan fingerprint density at radius 3 is 2.41 bits per heavy atom. The SMILES string of the molecule is Cc1cccc(C(=O)Nc2cccc(NC(=O)[C@@H](C)n3cccn3)c2)c1C. The zero-order valence-corrected chi connectivity index (χ0v) is 15.6. The van der Waals surface area contributed by atoms with Crippen molar-refractivity contribution >= 4 is 23.2 Å². The van der Waals surface area contributed by atoms with Crippen molar-refractivity contribution < 1.29 is 9.59 Å². The average molecular weight is 362 g/mol.